The molecule has 0 bridgehead atoms. The standard InChI is InChI=1S/C30H40N2O5/c1-29(2)20-36-17-15-31(29)27(34)25-11-7-5-9-22(25)13-14-24(33)19-23-10-6-8-12-26(23)28(35)32-16-18-37-21-30(32,3)4/h5-12,24,33H,13-21H2,1-4H3. The van der Waals surface area contributed by atoms with Gasteiger partial charge in [0, 0.05) is 24.2 Å². The number of aliphatic hydroxyl groups is 1. The summed E-state index contributed by atoms with van der Waals surface area (Å²) >= 11 is 0. The lowest BCUT2D eigenvalue weighted by Crippen LogP contribution is -2.55. The number of ether oxygens (including phenoxy) is 2. The highest BCUT2D eigenvalue weighted by Gasteiger charge is 2.36. The van der Waals surface area contributed by atoms with Crippen molar-refractivity contribution in [3.05, 3.63) is 70.8 Å². The van der Waals surface area contributed by atoms with E-state index in [0.717, 1.165) is 11.1 Å². The van der Waals surface area contributed by atoms with Crippen LogP contribution in [-0.2, 0) is 22.3 Å². The largest absolute Gasteiger partial charge is 0.393 e. The molecule has 1 atom stereocenters. The second-order valence-electron chi connectivity index (χ2n) is 11.4. The van der Waals surface area contributed by atoms with Crippen LogP contribution in [0.25, 0.3) is 0 Å². The smallest absolute Gasteiger partial charge is 0.254 e. The highest BCUT2D eigenvalue weighted by Crippen LogP contribution is 2.26. The highest BCUT2D eigenvalue weighted by molar-refractivity contribution is 5.97. The molecule has 7 heteroatoms. The van der Waals surface area contributed by atoms with E-state index >= 15 is 0 Å². The van der Waals surface area contributed by atoms with Crippen molar-refractivity contribution in [1.82, 2.24) is 9.80 Å². The number of morpholine rings is 2. The Kier molecular flexibility index (Phi) is 8.36. The van der Waals surface area contributed by atoms with E-state index in [2.05, 4.69) is 0 Å². The fraction of sp³-hybridized carbons (Fsp3) is 0.533. The molecule has 0 saturated carbocycles. The number of nitrogens with zero attached hydrogens (tertiary/aromatic N) is 2. The summed E-state index contributed by atoms with van der Waals surface area (Å²) in [6, 6.07) is 15.2. The lowest BCUT2D eigenvalue weighted by Gasteiger charge is -2.42. The summed E-state index contributed by atoms with van der Waals surface area (Å²) in [6.45, 7) is 11.3. The van der Waals surface area contributed by atoms with Gasteiger partial charge in [0.2, 0.25) is 0 Å². The Hall–Kier alpha value is -2.74. The molecule has 1 N–H and O–H groups in total. The molecule has 0 radical (unpaired) electrons. The second-order valence-corrected chi connectivity index (χ2v) is 11.4. The number of aryl methyl sites for hydroxylation is 1. The van der Waals surface area contributed by atoms with Gasteiger partial charge in [-0.1, -0.05) is 36.4 Å². The Morgan fingerprint density at radius 3 is 1.78 bits per heavy atom. The van der Waals surface area contributed by atoms with Gasteiger partial charge in [0.05, 0.1) is 43.6 Å². The Bertz CT molecular complexity index is 1110. The van der Waals surface area contributed by atoms with E-state index in [1.54, 1.807) is 0 Å². The topological polar surface area (TPSA) is 79.3 Å². The molecule has 2 aromatic carbocycles. The van der Waals surface area contributed by atoms with Crippen LogP contribution in [0.4, 0.5) is 0 Å². The van der Waals surface area contributed by atoms with E-state index in [-0.39, 0.29) is 22.9 Å². The highest BCUT2D eigenvalue weighted by atomic mass is 16.5. The van der Waals surface area contributed by atoms with Crippen LogP contribution in [0, 0.1) is 0 Å². The summed E-state index contributed by atoms with van der Waals surface area (Å²) in [6.07, 6.45) is 0.789. The lowest BCUT2D eigenvalue weighted by molar-refractivity contribution is -0.0373. The molecule has 2 fully saturated rings. The Morgan fingerprint density at radius 1 is 0.811 bits per heavy atom. The van der Waals surface area contributed by atoms with Crippen molar-refractivity contribution in [2.75, 3.05) is 39.5 Å². The molecule has 0 aliphatic carbocycles. The Balaban J connectivity index is 1.44. The number of amides is 2. The molecule has 4 rings (SSSR count). The molecule has 37 heavy (non-hydrogen) atoms. The van der Waals surface area contributed by atoms with Crippen LogP contribution in [0.2, 0.25) is 0 Å². The second kappa shape index (κ2) is 11.3. The van der Waals surface area contributed by atoms with Crippen molar-refractivity contribution < 1.29 is 24.2 Å². The van der Waals surface area contributed by atoms with Crippen LogP contribution in [0.5, 0.6) is 0 Å². The molecule has 0 spiro atoms. The van der Waals surface area contributed by atoms with Gasteiger partial charge in [-0.2, -0.15) is 0 Å². The van der Waals surface area contributed by atoms with Crippen LogP contribution in [0.3, 0.4) is 0 Å². The molecule has 0 aromatic heterocycles. The van der Waals surface area contributed by atoms with Crippen molar-refractivity contribution in [2.45, 2.75) is 64.1 Å². The van der Waals surface area contributed by atoms with Crippen molar-refractivity contribution in [3.8, 4) is 0 Å². The average Bonchev–Trinajstić information content (AvgIpc) is 2.87. The molecule has 1 unspecified atom stereocenters. The zero-order valence-electron chi connectivity index (χ0n) is 22.5. The van der Waals surface area contributed by atoms with E-state index in [0.29, 0.717) is 69.9 Å². The summed E-state index contributed by atoms with van der Waals surface area (Å²) < 4.78 is 11.2. The third-order valence-corrected chi connectivity index (χ3v) is 7.48. The normalized spacial score (nSPS) is 19.9. The lowest BCUT2D eigenvalue weighted by atomic mass is 9.93. The number of hydrogen-bond donors (Lipinski definition) is 1. The van der Waals surface area contributed by atoms with Gasteiger partial charge in [-0.05, 0) is 70.2 Å². The minimum atomic E-state index is -0.644. The predicted molar refractivity (Wildman–Crippen MR) is 143 cm³/mol. The van der Waals surface area contributed by atoms with Crippen LogP contribution in [-0.4, -0.2) is 83.4 Å². The van der Waals surface area contributed by atoms with Crippen molar-refractivity contribution in [2.24, 2.45) is 0 Å². The van der Waals surface area contributed by atoms with Crippen LogP contribution in [0.15, 0.2) is 48.5 Å². The summed E-state index contributed by atoms with van der Waals surface area (Å²) in [5.41, 5.74) is 2.31. The fourth-order valence-electron chi connectivity index (χ4n) is 5.29. The molecule has 2 aliphatic rings. The molecule has 7 nitrogen and oxygen atoms in total. The maximum absolute atomic E-state index is 13.5. The molecule has 2 saturated heterocycles. The van der Waals surface area contributed by atoms with Gasteiger partial charge in [0.25, 0.3) is 11.8 Å². The molecule has 200 valence electrons. The van der Waals surface area contributed by atoms with Gasteiger partial charge in [-0.25, -0.2) is 0 Å². The minimum Gasteiger partial charge on any atom is -0.393 e. The van der Waals surface area contributed by atoms with Crippen LogP contribution in [0.1, 0.15) is 66.0 Å². The first kappa shape index (κ1) is 27.3. The number of carbonyl (C=O) groups excluding carboxylic acids is 2. The number of rotatable bonds is 7. The zero-order valence-corrected chi connectivity index (χ0v) is 22.5. The Labute approximate surface area is 220 Å². The first-order valence-corrected chi connectivity index (χ1v) is 13.2. The summed E-state index contributed by atoms with van der Waals surface area (Å²) in [4.78, 5) is 30.7. The number of aliphatic hydroxyl groups excluding tert-OH is 1. The van der Waals surface area contributed by atoms with Gasteiger partial charge in [0.15, 0.2) is 0 Å². The van der Waals surface area contributed by atoms with Gasteiger partial charge < -0.3 is 24.4 Å². The number of hydrogen-bond acceptors (Lipinski definition) is 5. The third kappa shape index (κ3) is 6.22. The van der Waals surface area contributed by atoms with E-state index in [9.17, 15) is 14.7 Å². The minimum absolute atomic E-state index is 0.00228. The van der Waals surface area contributed by atoms with Crippen molar-refractivity contribution in [3.63, 3.8) is 0 Å². The fourth-order valence-corrected chi connectivity index (χ4v) is 5.29. The van der Waals surface area contributed by atoms with Crippen molar-refractivity contribution >= 4 is 11.8 Å². The number of carbonyl (C=O) groups is 2. The Morgan fingerprint density at radius 2 is 1.27 bits per heavy atom. The third-order valence-electron chi connectivity index (χ3n) is 7.48. The van der Waals surface area contributed by atoms with Gasteiger partial charge in [-0.3, -0.25) is 9.59 Å². The molecule has 2 aliphatic heterocycles. The predicted octanol–water partition coefficient (Wildman–Crippen LogP) is 3.72. The van der Waals surface area contributed by atoms with Crippen LogP contribution >= 0.6 is 0 Å². The molecule has 2 amide bonds. The molecule has 2 aromatic rings. The first-order valence-electron chi connectivity index (χ1n) is 13.2. The zero-order chi connectivity index (χ0) is 26.6. The number of benzene rings is 2. The quantitative estimate of drug-likeness (QED) is 0.617. The summed E-state index contributed by atoms with van der Waals surface area (Å²) in [5, 5.41) is 11.0. The van der Waals surface area contributed by atoms with Gasteiger partial charge in [0.1, 0.15) is 0 Å². The summed E-state index contributed by atoms with van der Waals surface area (Å²) in [5.74, 6) is -0.0253. The van der Waals surface area contributed by atoms with E-state index in [1.165, 1.54) is 0 Å². The maximum Gasteiger partial charge on any atom is 0.254 e. The summed E-state index contributed by atoms with van der Waals surface area (Å²) in [7, 11) is 0. The molecular weight excluding hydrogens is 468 g/mol. The monoisotopic (exact) mass is 508 g/mol. The van der Waals surface area contributed by atoms with E-state index in [4.69, 9.17) is 9.47 Å². The average molecular weight is 509 g/mol. The molecule has 2 heterocycles. The molecular formula is C30H40N2O5. The van der Waals surface area contributed by atoms with Gasteiger partial charge in [-0.15, -0.1) is 0 Å². The maximum atomic E-state index is 13.5. The van der Waals surface area contributed by atoms with E-state index < -0.39 is 6.10 Å². The van der Waals surface area contributed by atoms with Gasteiger partial charge >= 0.3 is 0 Å². The van der Waals surface area contributed by atoms with Crippen molar-refractivity contribution in [1.29, 1.82) is 0 Å². The van der Waals surface area contributed by atoms with E-state index in [1.807, 2.05) is 86.0 Å². The first-order chi connectivity index (χ1) is 17.6. The SMILES string of the molecule is CC1(C)COCCN1C(=O)c1ccccc1CCC(O)Cc1ccccc1C(=O)N1CCOCC1(C)C. The van der Waals surface area contributed by atoms with Crippen LogP contribution < -0.4 is 0 Å².